The van der Waals surface area contributed by atoms with Crippen LogP contribution in [0.4, 0.5) is 5.69 Å². The van der Waals surface area contributed by atoms with Crippen molar-refractivity contribution in [3.63, 3.8) is 0 Å². The Labute approximate surface area is 149 Å². The van der Waals surface area contributed by atoms with E-state index in [9.17, 15) is 14.4 Å². The van der Waals surface area contributed by atoms with Crippen LogP contribution in [0.25, 0.3) is 21.9 Å². The van der Waals surface area contributed by atoms with Crippen molar-refractivity contribution >= 4 is 39.2 Å². The minimum absolute atomic E-state index is 0.197. The summed E-state index contributed by atoms with van der Waals surface area (Å²) >= 11 is 5.99. The lowest BCUT2D eigenvalue weighted by Crippen LogP contribution is -2.22. The van der Waals surface area contributed by atoms with Crippen molar-refractivity contribution in [1.29, 1.82) is 0 Å². The topological polar surface area (TPSA) is 124 Å². The molecule has 0 saturated heterocycles. The van der Waals surface area contributed by atoms with Crippen molar-refractivity contribution in [3.05, 3.63) is 78.3 Å². The highest BCUT2D eigenvalue weighted by Gasteiger charge is 2.06. The summed E-state index contributed by atoms with van der Waals surface area (Å²) in [5, 5.41) is 4.70. The molecule has 0 bridgehead atoms. The van der Waals surface area contributed by atoms with Gasteiger partial charge in [-0.3, -0.25) is 19.6 Å². The van der Waals surface area contributed by atoms with Gasteiger partial charge in [0.05, 0.1) is 17.3 Å². The second-order valence-electron chi connectivity index (χ2n) is 5.74. The van der Waals surface area contributed by atoms with E-state index in [0.717, 1.165) is 5.39 Å². The Bertz CT molecular complexity index is 1320. The second kappa shape index (κ2) is 6.16. The van der Waals surface area contributed by atoms with Gasteiger partial charge in [0.2, 0.25) is 0 Å². The number of H-pyrrole nitrogens is 3. The molecule has 0 saturated carbocycles. The first-order chi connectivity index (χ1) is 12.5. The predicted molar refractivity (Wildman–Crippen MR) is 99.9 cm³/mol. The summed E-state index contributed by atoms with van der Waals surface area (Å²) in [5.41, 5.74) is 0.586. The van der Waals surface area contributed by atoms with Crippen LogP contribution in [0, 0.1) is 0 Å². The summed E-state index contributed by atoms with van der Waals surface area (Å²) < 4.78 is 0. The summed E-state index contributed by atoms with van der Waals surface area (Å²) in [7, 11) is 0. The standard InChI is InChI=1S/C17H12ClN5O3/c18-10-1-2-13-8(4-10)3-9(15(24)21-13)6-19-11-5-12-14(20-7-11)22-17(26)23-16(12)25/h1-5,7,19H,6H2,(H,21,24)(H2,20,22,23,25,26). The van der Waals surface area contributed by atoms with Gasteiger partial charge in [-0.2, -0.15) is 0 Å². The lowest BCUT2D eigenvalue weighted by Gasteiger charge is -2.08. The largest absolute Gasteiger partial charge is 0.379 e. The molecule has 4 rings (SSSR count). The normalized spacial score (nSPS) is 11.1. The molecular formula is C17H12ClN5O3. The Hall–Kier alpha value is -3.39. The van der Waals surface area contributed by atoms with E-state index in [2.05, 4.69) is 25.3 Å². The summed E-state index contributed by atoms with van der Waals surface area (Å²) in [4.78, 5) is 46.8. The Morgan fingerprint density at radius 2 is 1.85 bits per heavy atom. The van der Waals surface area contributed by atoms with Crippen LogP contribution in [0.2, 0.25) is 5.02 Å². The average molecular weight is 370 g/mol. The van der Waals surface area contributed by atoms with E-state index in [0.29, 0.717) is 21.8 Å². The lowest BCUT2D eigenvalue weighted by molar-refractivity contribution is 1.05. The number of halogens is 1. The van der Waals surface area contributed by atoms with Gasteiger partial charge in [-0.05, 0) is 30.3 Å². The molecule has 1 aromatic carbocycles. The fraction of sp³-hybridized carbons (Fsp3) is 0.0588. The zero-order valence-electron chi connectivity index (χ0n) is 13.2. The molecule has 0 spiro atoms. The second-order valence-corrected chi connectivity index (χ2v) is 6.17. The molecule has 0 radical (unpaired) electrons. The summed E-state index contributed by atoms with van der Waals surface area (Å²) in [6.45, 7) is 0.228. The number of aromatic amines is 3. The molecule has 0 unspecified atom stereocenters. The van der Waals surface area contributed by atoms with Crippen LogP contribution >= 0.6 is 11.6 Å². The van der Waals surface area contributed by atoms with E-state index in [-0.39, 0.29) is 23.1 Å². The van der Waals surface area contributed by atoms with Gasteiger partial charge in [0.25, 0.3) is 11.1 Å². The Kier molecular flexibility index (Phi) is 3.81. The molecule has 4 N–H and O–H groups in total. The quantitative estimate of drug-likeness (QED) is 0.438. The van der Waals surface area contributed by atoms with Crippen LogP contribution in [0.1, 0.15) is 5.56 Å². The van der Waals surface area contributed by atoms with Crippen molar-refractivity contribution in [2.24, 2.45) is 0 Å². The third-order valence-corrected chi connectivity index (χ3v) is 4.19. The van der Waals surface area contributed by atoms with Crippen LogP contribution in [0.15, 0.2) is 50.9 Å². The van der Waals surface area contributed by atoms with Gasteiger partial charge in [0, 0.05) is 28.0 Å². The molecule has 8 nitrogen and oxygen atoms in total. The third kappa shape index (κ3) is 2.98. The first kappa shape index (κ1) is 16.1. The number of nitrogens with zero attached hydrogens (tertiary/aromatic N) is 1. The van der Waals surface area contributed by atoms with Crippen LogP contribution in [-0.2, 0) is 6.54 Å². The highest BCUT2D eigenvalue weighted by Crippen LogP contribution is 2.18. The smallest absolute Gasteiger partial charge is 0.327 e. The zero-order chi connectivity index (χ0) is 18.3. The number of hydrogen-bond acceptors (Lipinski definition) is 5. The molecule has 3 heterocycles. The molecule has 0 amide bonds. The highest BCUT2D eigenvalue weighted by atomic mass is 35.5. The fourth-order valence-corrected chi connectivity index (χ4v) is 2.88. The molecule has 0 aliphatic carbocycles. The van der Waals surface area contributed by atoms with E-state index in [1.165, 1.54) is 6.20 Å². The van der Waals surface area contributed by atoms with Crippen LogP contribution in [0.3, 0.4) is 0 Å². The van der Waals surface area contributed by atoms with Gasteiger partial charge in [0.1, 0.15) is 5.65 Å². The number of benzene rings is 1. The first-order valence-electron chi connectivity index (χ1n) is 7.67. The van der Waals surface area contributed by atoms with Crippen molar-refractivity contribution in [1.82, 2.24) is 19.9 Å². The number of fused-ring (bicyclic) bond motifs is 2. The fourth-order valence-electron chi connectivity index (χ4n) is 2.69. The number of aromatic nitrogens is 4. The minimum atomic E-state index is -0.614. The molecule has 9 heteroatoms. The lowest BCUT2D eigenvalue weighted by atomic mass is 10.1. The minimum Gasteiger partial charge on any atom is -0.379 e. The number of nitrogens with one attached hydrogen (secondary N) is 4. The van der Waals surface area contributed by atoms with Crippen molar-refractivity contribution in [2.75, 3.05) is 5.32 Å². The zero-order valence-corrected chi connectivity index (χ0v) is 14.0. The average Bonchev–Trinajstić information content (AvgIpc) is 2.60. The van der Waals surface area contributed by atoms with Gasteiger partial charge in [-0.1, -0.05) is 11.6 Å². The summed E-state index contributed by atoms with van der Waals surface area (Å²) in [6, 6.07) is 8.54. The van der Waals surface area contributed by atoms with Crippen LogP contribution in [-0.4, -0.2) is 19.9 Å². The van der Waals surface area contributed by atoms with Crippen LogP contribution in [0.5, 0.6) is 0 Å². The van der Waals surface area contributed by atoms with Gasteiger partial charge in [0.15, 0.2) is 0 Å². The van der Waals surface area contributed by atoms with E-state index < -0.39 is 11.2 Å². The Morgan fingerprint density at radius 1 is 1.00 bits per heavy atom. The molecule has 4 aromatic rings. The van der Waals surface area contributed by atoms with E-state index in [1.54, 1.807) is 30.3 Å². The van der Waals surface area contributed by atoms with Gasteiger partial charge in [-0.15, -0.1) is 0 Å². The molecule has 0 atom stereocenters. The Balaban J connectivity index is 1.66. The number of rotatable bonds is 3. The van der Waals surface area contributed by atoms with Gasteiger partial charge >= 0.3 is 5.69 Å². The maximum atomic E-state index is 12.2. The highest BCUT2D eigenvalue weighted by molar-refractivity contribution is 6.31. The summed E-state index contributed by atoms with van der Waals surface area (Å²) in [5.74, 6) is 0. The third-order valence-electron chi connectivity index (χ3n) is 3.96. The molecule has 0 fully saturated rings. The number of pyridine rings is 2. The monoisotopic (exact) mass is 369 g/mol. The molecule has 0 aliphatic rings. The van der Waals surface area contributed by atoms with Crippen molar-refractivity contribution in [2.45, 2.75) is 6.54 Å². The maximum absolute atomic E-state index is 12.2. The molecule has 130 valence electrons. The molecule has 3 aromatic heterocycles. The van der Waals surface area contributed by atoms with E-state index in [4.69, 9.17) is 11.6 Å². The van der Waals surface area contributed by atoms with E-state index in [1.807, 2.05) is 0 Å². The van der Waals surface area contributed by atoms with Crippen LogP contribution < -0.4 is 22.1 Å². The SMILES string of the molecule is O=c1[nH]c(=O)c2cc(NCc3cc4cc(Cl)ccc4[nH]c3=O)cnc2[nH]1. The molecule has 0 aliphatic heterocycles. The predicted octanol–water partition coefficient (Wildman–Crippen LogP) is 1.72. The molecule has 26 heavy (non-hydrogen) atoms. The molecular weight excluding hydrogens is 358 g/mol. The summed E-state index contributed by atoms with van der Waals surface area (Å²) in [6.07, 6.45) is 1.48. The Morgan fingerprint density at radius 3 is 2.69 bits per heavy atom. The van der Waals surface area contributed by atoms with Gasteiger partial charge < -0.3 is 10.3 Å². The van der Waals surface area contributed by atoms with Crippen molar-refractivity contribution < 1.29 is 0 Å². The number of hydrogen-bond donors (Lipinski definition) is 4. The van der Waals surface area contributed by atoms with Gasteiger partial charge in [-0.25, -0.2) is 9.78 Å². The number of anilines is 1. The first-order valence-corrected chi connectivity index (χ1v) is 8.05. The van der Waals surface area contributed by atoms with E-state index >= 15 is 0 Å². The van der Waals surface area contributed by atoms with Crippen molar-refractivity contribution in [3.8, 4) is 0 Å². The maximum Gasteiger partial charge on any atom is 0.327 e.